The molecule has 2 nitrogen and oxygen atoms in total. The lowest BCUT2D eigenvalue weighted by atomic mass is 9.63. The highest BCUT2D eigenvalue weighted by Crippen LogP contribution is 2.45. The average molecular weight is 253 g/mol. The Labute approximate surface area is 113 Å². The van der Waals surface area contributed by atoms with Crippen molar-refractivity contribution in [2.45, 2.75) is 65.8 Å². The molecule has 1 heterocycles. The van der Waals surface area contributed by atoms with Gasteiger partial charge in [-0.3, -0.25) is 0 Å². The molecule has 2 fully saturated rings. The van der Waals surface area contributed by atoms with E-state index in [9.17, 15) is 0 Å². The number of nitrogens with one attached hydrogen (secondary N) is 1. The first-order chi connectivity index (χ1) is 8.36. The zero-order chi connectivity index (χ0) is 13.2. The van der Waals surface area contributed by atoms with Gasteiger partial charge in [-0.15, -0.1) is 0 Å². The van der Waals surface area contributed by atoms with Crippen LogP contribution in [0.1, 0.15) is 59.8 Å². The molecule has 0 spiro atoms. The quantitative estimate of drug-likeness (QED) is 0.826. The third-order valence-corrected chi connectivity index (χ3v) is 4.56. The third kappa shape index (κ3) is 4.24. The van der Waals surface area contributed by atoms with Crippen LogP contribution in [0.4, 0.5) is 0 Å². The van der Waals surface area contributed by atoms with Crippen molar-refractivity contribution < 1.29 is 4.74 Å². The lowest BCUT2D eigenvalue weighted by Gasteiger charge is -2.45. The van der Waals surface area contributed by atoms with Gasteiger partial charge in [-0.25, -0.2) is 0 Å². The minimum atomic E-state index is 0.496. The molecule has 1 saturated carbocycles. The van der Waals surface area contributed by atoms with E-state index in [1.165, 1.54) is 38.6 Å². The number of hydrogen-bond acceptors (Lipinski definition) is 2. The Balaban J connectivity index is 1.74. The summed E-state index contributed by atoms with van der Waals surface area (Å²) in [5.41, 5.74) is 0.992. The molecule has 0 aromatic carbocycles. The van der Waals surface area contributed by atoms with Crippen LogP contribution in [0.15, 0.2) is 0 Å². The lowest BCUT2D eigenvalue weighted by molar-refractivity contribution is 0.0844. The minimum Gasteiger partial charge on any atom is -0.381 e. The Bertz CT molecular complexity index is 250. The van der Waals surface area contributed by atoms with Crippen LogP contribution in [0.2, 0.25) is 0 Å². The van der Waals surface area contributed by atoms with Crippen LogP contribution in [-0.4, -0.2) is 25.8 Å². The van der Waals surface area contributed by atoms with Gasteiger partial charge in [-0.2, -0.15) is 0 Å². The maximum Gasteiger partial charge on any atom is 0.0495 e. The van der Waals surface area contributed by atoms with Crippen LogP contribution >= 0.6 is 0 Å². The topological polar surface area (TPSA) is 21.3 Å². The molecule has 1 N–H and O–H groups in total. The van der Waals surface area contributed by atoms with E-state index in [1.54, 1.807) is 0 Å². The average Bonchev–Trinajstić information content (AvgIpc) is 2.65. The fraction of sp³-hybridized carbons (Fsp3) is 1.00. The molecule has 1 aliphatic heterocycles. The van der Waals surface area contributed by atoms with Crippen molar-refractivity contribution in [3.8, 4) is 0 Å². The van der Waals surface area contributed by atoms with Gasteiger partial charge < -0.3 is 10.1 Å². The maximum atomic E-state index is 5.44. The van der Waals surface area contributed by atoms with E-state index >= 15 is 0 Å². The molecular weight excluding hydrogens is 222 g/mol. The van der Waals surface area contributed by atoms with E-state index in [0.717, 1.165) is 19.1 Å². The molecule has 106 valence electrons. The monoisotopic (exact) mass is 253 g/mol. The second-order valence-electron chi connectivity index (χ2n) is 8.08. The molecule has 2 rings (SSSR count). The van der Waals surface area contributed by atoms with Gasteiger partial charge >= 0.3 is 0 Å². The van der Waals surface area contributed by atoms with Crippen molar-refractivity contribution in [2.24, 2.45) is 16.7 Å². The molecule has 18 heavy (non-hydrogen) atoms. The van der Waals surface area contributed by atoms with Gasteiger partial charge in [0.1, 0.15) is 0 Å². The molecule has 0 radical (unpaired) electrons. The summed E-state index contributed by atoms with van der Waals surface area (Å²) in [6.07, 6.45) is 6.57. The molecular formula is C16H31NO. The fourth-order valence-electron chi connectivity index (χ4n) is 4.29. The van der Waals surface area contributed by atoms with Crippen molar-refractivity contribution in [1.82, 2.24) is 5.32 Å². The second kappa shape index (κ2) is 5.50. The predicted octanol–water partition coefficient (Wildman–Crippen LogP) is 3.61. The summed E-state index contributed by atoms with van der Waals surface area (Å²) >= 11 is 0. The predicted molar refractivity (Wildman–Crippen MR) is 76.7 cm³/mol. The van der Waals surface area contributed by atoms with E-state index in [4.69, 9.17) is 4.74 Å². The van der Waals surface area contributed by atoms with Gasteiger partial charge in [0.25, 0.3) is 0 Å². The van der Waals surface area contributed by atoms with Gasteiger partial charge in [-0.1, -0.05) is 27.7 Å². The highest BCUT2D eigenvalue weighted by atomic mass is 16.5. The summed E-state index contributed by atoms with van der Waals surface area (Å²) in [7, 11) is 0. The van der Waals surface area contributed by atoms with E-state index < -0.39 is 0 Å². The molecule has 1 saturated heterocycles. The first-order valence-electron chi connectivity index (χ1n) is 7.68. The van der Waals surface area contributed by atoms with Gasteiger partial charge in [0, 0.05) is 19.3 Å². The highest BCUT2D eigenvalue weighted by molar-refractivity contribution is 4.92. The minimum absolute atomic E-state index is 0.496. The molecule has 1 aliphatic carbocycles. The van der Waals surface area contributed by atoms with Crippen molar-refractivity contribution in [2.75, 3.05) is 19.8 Å². The Kier molecular flexibility index (Phi) is 4.38. The van der Waals surface area contributed by atoms with Gasteiger partial charge in [0.15, 0.2) is 0 Å². The SMILES string of the molecule is CC1(C)CC(NCCC2CCOC2)CC(C)(C)C1. The van der Waals surface area contributed by atoms with Crippen molar-refractivity contribution in [1.29, 1.82) is 0 Å². The smallest absolute Gasteiger partial charge is 0.0495 e. The van der Waals surface area contributed by atoms with Gasteiger partial charge in [0.2, 0.25) is 0 Å². The molecule has 0 aromatic heterocycles. The van der Waals surface area contributed by atoms with Crippen LogP contribution in [-0.2, 0) is 4.74 Å². The molecule has 0 aromatic rings. The fourth-order valence-corrected chi connectivity index (χ4v) is 4.29. The standard InChI is InChI=1S/C16H31NO/c1-15(2)9-14(10-16(3,4)12-15)17-7-5-13-6-8-18-11-13/h13-14,17H,5-12H2,1-4H3. The van der Waals surface area contributed by atoms with E-state index in [0.29, 0.717) is 16.9 Å². The van der Waals surface area contributed by atoms with E-state index in [1.807, 2.05) is 0 Å². The summed E-state index contributed by atoms with van der Waals surface area (Å²) in [6.45, 7) is 12.8. The zero-order valence-electron chi connectivity index (χ0n) is 12.7. The van der Waals surface area contributed by atoms with Crippen molar-refractivity contribution in [3.63, 3.8) is 0 Å². The second-order valence-corrected chi connectivity index (χ2v) is 8.08. The third-order valence-electron chi connectivity index (χ3n) is 4.56. The molecule has 0 bridgehead atoms. The first-order valence-corrected chi connectivity index (χ1v) is 7.68. The van der Waals surface area contributed by atoms with Crippen molar-refractivity contribution in [3.05, 3.63) is 0 Å². The Hall–Kier alpha value is -0.0800. The van der Waals surface area contributed by atoms with E-state index in [-0.39, 0.29) is 0 Å². The van der Waals surface area contributed by atoms with Crippen molar-refractivity contribution >= 4 is 0 Å². The van der Waals surface area contributed by atoms with Gasteiger partial charge in [-0.05, 0) is 55.4 Å². The molecule has 2 heteroatoms. The molecule has 1 atom stereocenters. The summed E-state index contributed by atoms with van der Waals surface area (Å²) in [5.74, 6) is 0.808. The first kappa shape index (κ1) is 14.3. The Morgan fingerprint density at radius 1 is 1.11 bits per heavy atom. The van der Waals surface area contributed by atoms with Crippen LogP contribution in [0.3, 0.4) is 0 Å². The largest absolute Gasteiger partial charge is 0.381 e. The van der Waals surface area contributed by atoms with Crippen LogP contribution in [0.25, 0.3) is 0 Å². The Morgan fingerprint density at radius 2 is 1.78 bits per heavy atom. The van der Waals surface area contributed by atoms with Crippen LogP contribution < -0.4 is 5.32 Å². The van der Waals surface area contributed by atoms with Crippen LogP contribution in [0, 0.1) is 16.7 Å². The summed E-state index contributed by atoms with van der Waals surface area (Å²) in [6, 6.07) is 0.714. The number of ether oxygens (including phenoxy) is 1. The lowest BCUT2D eigenvalue weighted by Crippen LogP contribution is -2.44. The highest BCUT2D eigenvalue weighted by Gasteiger charge is 2.38. The van der Waals surface area contributed by atoms with Crippen LogP contribution in [0.5, 0.6) is 0 Å². The summed E-state index contributed by atoms with van der Waals surface area (Å²) in [5, 5.41) is 3.80. The normalized spacial score (nSPS) is 31.7. The maximum absolute atomic E-state index is 5.44. The van der Waals surface area contributed by atoms with E-state index in [2.05, 4.69) is 33.0 Å². The summed E-state index contributed by atoms with van der Waals surface area (Å²) in [4.78, 5) is 0. The molecule has 2 aliphatic rings. The zero-order valence-corrected chi connectivity index (χ0v) is 12.7. The Morgan fingerprint density at radius 3 is 2.33 bits per heavy atom. The number of rotatable bonds is 4. The molecule has 1 unspecified atom stereocenters. The molecule has 0 amide bonds. The van der Waals surface area contributed by atoms with Gasteiger partial charge in [0.05, 0.1) is 0 Å². The number of hydrogen-bond donors (Lipinski definition) is 1. The summed E-state index contributed by atoms with van der Waals surface area (Å²) < 4.78 is 5.44.